The van der Waals surface area contributed by atoms with Gasteiger partial charge in [-0.2, -0.15) is 0 Å². The number of nitrogens with zero attached hydrogens (tertiary/aromatic N) is 1. The maximum Gasteiger partial charge on any atom is 0.237 e. The Hall–Kier alpha value is -1.39. The topological polar surface area (TPSA) is 52.6 Å². The summed E-state index contributed by atoms with van der Waals surface area (Å²) in [6, 6.07) is 7.45. The predicted octanol–water partition coefficient (Wildman–Crippen LogP) is 1.38. The molecule has 1 rings (SSSR count). The van der Waals surface area contributed by atoms with Crippen molar-refractivity contribution in [2.45, 2.75) is 33.0 Å². The summed E-state index contributed by atoms with van der Waals surface area (Å²) in [5, 5.41) is 12.2. The summed E-state index contributed by atoms with van der Waals surface area (Å²) in [7, 11) is 3.82. The third-order valence-electron chi connectivity index (χ3n) is 3.20. The monoisotopic (exact) mass is 264 g/mol. The van der Waals surface area contributed by atoms with Gasteiger partial charge in [0.2, 0.25) is 5.91 Å². The summed E-state index contributed by atoms with van der Waals surface area (Å²) < 4.78 is 0. The highest BCUT2D eigenvalue weighted by Gasteiger charge is 2.23. The van der Waals surface area contributed by atoms with E-state index in [1.807, 2.05) is 57.1 Å². The van der Waals surface area contributed by atoms with Crippen molar-refractivity contribution < 1.29 is 9.90 Å². The van der Waals surface area contributed by atoms with Crippen molar-refractivity contribution in [1.29, 1.82) is 0 Å². The Kier molecular flexibility index (Phi) is 5.99. The number of benzene rings is 1. The van der Waals surface area contributed by atoms with Crippen LogP contribution in [0.2, 0.25) is 0 Å². The quantitative estimate of drug-likeness (QED) is 0.816. The summed E-state index contributed by atoms with van der Waals surface area (Å²) in [5.74, 6) is 0.274. The molecule has 1 unspecified atom stereocenters. The molecule has 0 heterocycles. The van der Waals surface area contributed by atoms with Crippen LogP contribution in [-0.2, 0) is 17.9 Å². The zero-order valence-electron chi connectivity index (χ0n) is 12.2. The van der Waals surface area contributed by atoms with Gasteiger partial charge in [0.05, 0.1) is 12.6 Å². The zero-order valence-corrected chi connectivity index (χ0v) is 12.2. The van der Waals surface area contributed by atoms with E-state index in [-0.39, 0.29) is 24.5 Å². The van der Waals surface area contributed by atoms with Gasteiger partial charge in [0.1, 0.15) is 0 Å². The van der Waals surface area contributed by atoms with Crippen LogP contribution in [0.1, 0.15) is 25.0 Å². The molecule has 0 bridgehead atoms. The molecule has 1 aromatic rings. The number of aliphatic hydroxyl groups excluding tert-OH is 1. The van der Waals surface area contributed by atoms with E-state index in [0.29, 0.717) is 6.54 Å². The highest BCUT2D eigenvalue weighted by Crippen LogP contribution is 2.10. The fraction of sp³-hybridized carbons (Fsp3) is 0.533. The fourth-order valence-corrected chi connectivity index (χ4v) is 2.30. The van der Waals surface area contributed by atoms with Crippen LogP contribution in [0, 0.1) is 5.92 Å². The van der Waals surface area contributed by atoms with E-state index in [1.54, 1.807) is 0 Å². The lowest BCUT2D eigenvalue weighted by Gasteiger charge is -2.26. The van der Waals surface area contributed by atoms with Gasteiger partial charge in [0, 0.05) is 6.54 Å². The lowest BCUT2D eigenvalue weighted by atomic mass is 10.0. The maximum atomic E-state index is 12.2. The molecule has 1 atom stereocenters. The third kappa shape index (κ3) is 4.33. The van der Waals surface area contributed by atoms with Crippen molar-refractivity contribution in [3.8, 4) is 0 Å². The number of aliphatic hydroxyl groups is 1. The van der Waals surface area contributed by atoms with Crippen LogP contribution < -0.4 is 5.32 Å². The first-order chi connectivity index (χ1) is 8.97. The summed E-state index contributed by atoms with van der Waals surface area (Å²) in [6.07, 6.45) is 0. The standard InChI is InChI=1S/C15H24N2O2/c1-11(2)14(17(3)4)15(19)16-9-12-7-5-6-8-13(12)10-18/h5-8,11,14,18H,9-10H2,1-4H3,(H,16,19). The van der Waals surface area contributed by atoms with Gasteiger partial charge in [0.15, 0.2) is 0 Å². The molecule has 0 saturated carbocycles. The minimum atomic E-state index is -0.138. The number of amides is 1. The van der Waals surface area contributed by atoms with Crippen molar-refractivity contribution in [3.05, 3.63) is 35.4 Å². The molecule has 0 aliphatic heterocycles. The highest BCUT2D eigenvalue weighted by molar-refractivity contribution is 5.81. The van der Waals surface area contributed by atoms with Crippen LogP contribution in [0.5, 0.6) is 0 Å². The van der Waals surface area contributed by atoms with E-state index >= 15 is 0 Å². The Labute approximate surface area is 115 Å². The van der Waals surface area contributed by atoms with Gasteiger partial charge >= 0.3 is 0 Å². The molecule has 4 nitrogen and oxygen atoms in total. The number of carbonyl (C=O) groups excluding carboxylic acids is 1. The summed E-state index contributed by atoms with van der Waals surface area (Å²) in [6.45, 7) is 4.51. The molecule has 2 N–H and O–H groups in total. The molecule has 0 saturated heterocycles. The van der Waals surface area contributed by atoms with E-state index in [0.717, 1.165) is 11.1 Å². The van der Waals surface area contributed by atoms with Crippen LogP contribution >= 0.6 is 0 Å². The predicted molar refractivity (Wildman–Crippen MR) is 76.5 cm³/mol. The minimum Gasteiger partial charge on any atom is -0.392 e. The maximum absolute atomic E-state index is 12.2. The molecule has 19 heavy (non-hydrogen) atoms. The molecule has 0 aliphatic carbocycles. The zero-order chi connectivity index (χ0) is 14.4. The molecule has 0 aromatic heterocycles. The first kappa shape index (κ1) is 15.7. The third-order valence-corrected chi connectivity index (χ3v) is 3.20. The number of nitrogens with one attached hydrogen (secondary N) is 1. The first-order valence-electron chi connectivity index (χ1n) is 6.59. The number of carbonyl (C=O) groups is 1. The van der Waals surface area contributed by atoms with E-state index in [4.69, 9.17) is 0 Å². The van der Waals surface area contributed by atoms with Crippen molar-refractivity contribution in [2.75, 3.05) is 14.1 Å². The van der Waals surface area contributed by atoms with Crippen molar-refractivity contribution >= 4 is 5.91 Å². The van der Waals surface area contributed by atoms with Gasteiger partial charge < -0.3 is 10.4 Å². The Bertz CT molecular complexity index is 408. The Balaban J connectivity index is 2.68. The number of hydrogen-bond donors (Lipinski definition) is 2. The van der Waals surface area contributed by atoms with Crippen LogP contribution in [-0.4, -0.2) is 36.1 Å². The second kappa shape index (κ2) is 7.26. The van der Waals surface area contributed by atoms with Crippen molar-refractivity contribution in [1.82, 2.24) is 10.2 Å². The number of hydrogen-bond acceptors (Lipinski definition) is 3. The number of rotatable bonds is 6. The molecule has 4 heteroatoms. The molecule has 1 amide bonds. The highest BCUT2D eigenvalue weighted by atomic mass is 16.3. The average Bonchev–Trinajstić information content (AvgIpc) is 2.35. The SMILES string of the molecule is CC(C)C(C(=O)NCc1ccccc1CO)N(C)C. The summed E-state index contributed by atoms with van der Waals surface area (Å²) in [4.78, 5) is 14.1. The molecule has 0 fully saturated rings. The first-order valence-corrected chi connectivity index (χ1v) is 6.59. The van der Waals surface area contributed by atoms with E-state index < -0.39 is 0 Å². The second-order valence-corrected chi connectivity index (χ2v) is 5.30. The largest absolute Gasteiger partial charge is 0.392 e. The van der Waals surface area contributed by atoms with Gasteiger partial charge in [0.25, 0.3) is 0 Å². The Morgan fingerprint density at radius 3 is 2.32 bits per heavy atom. The minimum absolute atomic E-state index is 0.00661. The number of likely N-dealkylation sites (N-methyl/N-ethyl adjacent to an activating group) is 1. The smallest absolute Gasteiger partial charge is 0.237 e. The van der Waals surface area contributed by atoms with E-state index in [2.05, 4.69) is 5.32 Å². The van der Waals surface area contributed by atoms with Crippen molar-refractivity contribution in [3.63, 3.8) is 0 Å². The van der Waals surface area contributed by atoms with Crippen LogP contribution in [0.3, 0.4) is 0 Å². The van der Waals surface area contributed by atoms with Gasteiger partial charge in [-0.1, -0.05) is 38.1 Å². The van der Waals surface area contributed by atoms with Gasteiger partial charge in [-0.15, -0.1) is 0 Å². The Morgan fingerprint density at radius 2 is 1.84 bits per heavy atom. The molecular formula is C15H24N2O2. The summed E-state index contributed by atoms with van der Waals surface area (Å²) >= 11 is 0. The van der Waals surface area contributed by atoms with E-state index in [9.17, 15) is 9.90 Å². The lowest BCUT2D eigenvalue weighted by Crippen LogP contribution is -2.46. The van der Waals surface area contributed by atoms with Crippen LogP contribution in [0.4, 0.5) is 0 Å². The van der Waals surface area contributed by atoms with Gasteiger partial charge in [-0.25, -0.2) is 0 Å². The Morgan fingerprint density at radius 1 is 1.26 bits per heavy atom. The molecular weight excluding hydrogens is 240 g/mol. The van der Waals surface area contributed by atoms with Gasteiger partial charge in [-0.05, 0) is 31.1 Å². The molecule has 0 radical (unpaired) electrons. The summed E-state index contributed by atoms with van der Waals surface area (Å²) in [5.41, 5.74) is 1.81. The fourth-order valence-electron chi connectivity index (χ4n) is 2.30. The second-order valence-electron chi connectivity index (χ2n) is 5.30. The molecule has 0 spiro atoms. The van der Waals surface area contributed by atoms with E-state index in [1.165, 1.54) is 0 Å². The molecule has 1 aromatic carbocycles. The van der Waals surface area contributed by atoms with Crippen LogP contribution in [0.15, 0.2) is 24.3 Å². The normalized spacial score (nSPS) is 12.8. The van der Waals surface area contributed by atoms with Crippen molar-refractivity contribution in [2.24, 2.45) is 5.92 Å². The van der Waals surface area contributed by atoms with Crippen LogP contribution in [0.25, 0.3) is 0 Å². The average molecular weight is 264 g/mol. The lowest BCUT2D eigenvalue weighted by molar-refractivity contribution is -0.127. The molecule has 106 valence electrons. The van der Waals surface area contributed by atoms with Gasteiger partial charge in [-0.3, -0.25) is 9.69 Å². The molecule has 0 aliphatic rings.